The molecule has 0 radical (unpaired) electrons. The predicted octanol–water partition coefficient (Wildman–Crippen LogP) is 7.94. The van der Waals surface area contributed by atoms with Crippen LogP contribution in [0.25, 0.3) is 0 Å². The van der Waals surface area contributed by atoms with Crippen molar-refractivity contribution in [2.45, 2.75) is 179 Å². The number of aliphatic hydroxyl groups excluding tert-OH is 1. The third kappa shape index (κ3) is 12.7. The van der Waals surface area contributed by atoms with E-state index >= 15 is 0 Å². The Kier molecular flexibility index (Phi) is 18.7. The molecule has 22 atom stereocenters. The summed E-state index contributed by atoms with van der Waals surface area (Å²) in [5.41, 5.74) is 2.52. The second kappa shape index (κ2) is 25.8. The van der Waals surface area contributed by atoms with Gasteiger partial charge in [0, 0.05) is 29.9 Å². The molecule has 0 amide bonds. The summed E-state index contributed by atoms with van der Waals surface area (Å²) in [6.07, 6.45) is -17.6. The van der Waals surface area contributed by atoms with Gasteiger partial charge in [-0.2, -0.15) is 0 Å². The maximum Gasteiger partial charge on any atom is 0.338 e. The number of hydrogen-bond acceptors (Lipinski definition) is 18. The molecule has 0 saturated carbocycles. The first kappa shape index (κ1) is 57.2. The average molecular weight is 1100 g/mol. The van der Waals surface area contributed by atoms with Crippen molar-refractivity contribution in [1.29, 1.82) is 0 Å². The van der Waals surface area contributed by atoms with Gasteiger partial charge >= 0.3 is 11.9 Å². The summed E-state index contributed by atoms with van der Waals surface area (Å²) >= 11 is 0. The largest absolute Gasteiger partial charge is 0.457 e. The van der Waals surface area contributed by atoms with Gasteiger partial charge in [-0.1, -0.05) is 144 Å². The van der Waals surface area contributed by atoms with Gasteiger partial charge in [0.25, 0.3) is 0 Å². The average Bonchev–Trinajstić information content (AvgIpc) is 3.52. The van der Waals surface area contributed by atoms with E-state index in [9.17, 15) is 19.5 Å². The minimum Gasteiger partial charge on any atom is -0.457 e. The van der Waals surface area contributed by atoms with Crippen LogP contribution in [0.2, 0.25) is 0 Å². The quantitative estimate of drug-likeness (QED) is 0.0998. The van der Waals surface area contributed by atoms with Crippen LogP contribution in [0.15, 0.2) is 121 Å². The standard InChI is InChI=1S/C61H74O18/c1-8-42-33(3)34(4)49(69-37(7)63)60(70-42)75-48-35(5)56(71-43(9-2)46(48)36(6)62)79-53-51-45(32-68-58(77-51)41-28-20-13-21-29-41)73-61(54(53)74-55(65)39-24-16-11-17-25-39)78-52-47(64)59(66-30-38-22-14-10-15-23-38)72-44-31-67-57(76-50(44)52)40-26-18-12-19-27-40/h10-29,33-35,42-54,56-61,64H,8-9,30-32H2,1-7H3/t33-,34-,35?,42?,43?,44?,45?,46+,47?,48+,49?,50+,51+,52+,53-,54?,56-,57?,58?,59+,60-,61-/m0/s1. The molecule has 10 unspecified atom stereocenters. The molecule has 4 aromatic rings. The molecule has 0 aromatic heterocycles. The number of ketones is 1. The molecule has 10 rings (SSSR count). The Morgan fingerprint density at radius 3 is 1.59 bits per heavy atom. The number of carbonyl (C=O) groups is 3. The van der Waals surface area contributed by atoms with Gasteiger partial charge in [-0.05, 0) is 43.4 Å². The zero-order valence-electron chi connectivity index (χ0n) is 45.7. The summed E-state index contributed by atoms with van der Waals surface area (Å²) in [5, 5.41) is 12.5. The molecule has 18 heteroatoms. The SMILES string of the molecule is CCC1O[C@@H](O[C@@H]2C(C)[C@H](O[C@@H]3C(OC(=O)c4ccccc4)[C@H](O[C@@H]4C(O)[C@H](OCc5ccccc5)OC5COC(c6ccccc6)O[C@H]54)OC4COC(c5ccccc5)O[C@H]43)OC(CC)[C@H]2C(C)=O)C(OC(C)=O)[C@@H](C)[C@@H]1C. The summed E-state index contributed by atoms with van der Waals surface area (Å²) in [6, 6.07) is 36.7. The highest BCUT2D eigenvalue weighted by atomic mass is 16.8. The van der Waals surface area contributed by atoms with Crippen LogP contribution in [-0.2, 0) is 82.5 Å². The smallest absolute Gasteiger partial charge is 0.338 e. The van der Waals surface area contributed by atoms with Gasteiger partial charge in [0.1, 0.15) is 48.5 Å². The highest BCUT2D eigenvalue weighted by molar-refractivity contribution is 5.89. The van der Waals surface area contributed by atoms with E-state index in [1.807, 2.05) is 119 Å². The number of carbonyl (C=O) groups excluding carboxylic acids is 3. The monoisotopic (exact) mass is 1090 g/mol. The molecule has 6 aliphatic rings. The van der Waals surface area contributed by atoms with Crippen molar-refractivity contribution in [2.24, 2.45) is 23.7 Å². The molecular weight excluding hydrogens is 1020 g/mol. The van der Waals surface area contributed by atoms with E-state index in [-0.39, 0.29) is 49.1 Å². The van der Waals surface area contributed by atoms with Crippen LogP contribution in [0.1, 0.15) is 101 Å². The van der Waals surface area contributed by atoms with Crippen molar-refractivity contribution in [3.05, 3.63) is 144 Å². The zero-order chi connectivity index (χ0) is 55.3. The van der Waals surface area contributed by atoms with Gasteiger partial charge in [-0.3, -0.25) is 9.59 Å². The van der Waals surface area contributed by atoms with Gasteiger partial charge in [0.05, 0.1) is 49.6 Å². The fourth-order valence-corrected chi connectivity index (χ4v) is 11.8. The zero-order valence-corrected chi connectivity index (χ0v) is 45.7. The first-order valence-electron chi connectivity index (χ1n) is 27.8. The molecule has 4 aromatic carbocycles. The fourth-order valence-electron chi connectivity index (χ4n) is 11.8. The first-order chi connectivity index (χ1) is 38.3. The lowest BCUT2D eigenvalue weighted by atomic mass is 9.80. The third-order valence-corrected chi connectivity index (χ3v) is 16.2. The van der Waals surface area contributed by atoms with Crippen LogP contribution in [0.4, 0.5) is 0 Å². The Balaban J connectivity index is 1.03. The van der Waals surface area contributed by atoms with E-state index in [0.717, 1.165) is 11.1 Å². The highest BCUT2D eigenvalue weighted by Gasteiger charge is 2.60. The summed E-state index contributed by atoms with van der Waals surface area (Å²) in [7, 11) is 0. The molecule has 0 bridgehead atoms. The van der Waals surface area contributed by atoms with Crippen molar-refractivity contribution >= 4 is 17.7 Å². The molecule has 0 spiro atoms. The Morgan fingerprint density at radius 1 is 0.519 bits per heavy atom. The maximum atomic E-state index is 14.6. The van der Waals surface area contributed by atoms with E-state index in [2.05, 4.69) is 6.92 Å². The number of hydrogen-bond donors (Lipinski definition) is 1. The lowest BCUT2D eigenvalue weighted by molar-refractivity contribution is -0.415. The van der Waals surface area contributed by atoms with Gasteiger partial charge in [0.2, 0.25) is 0 Å². The van der Waals surface area contributed by atoms with E-state index < -0.39 is 129 Å². The van der Waals surface area contributed by atoms with Crippen molar-refractivity contribution in [1.82, 2.24) is 0 Å². The Hall–Kier alpha value is -5.03. The Morgan fingerprint density at radius 2 is 1.03 bits per heavy atom. The molecule has 79 heavy (non-hydrogen) atoms. The van der Waals surface area contributed by atoms with Crippen LogP contribution in [0, 0.1) is 23.7 Å². The number of ether oxygens (including phenoxy) is 14. The minimum atomic E-state index is -1.51. The van der Waals surface area contributed by atoms with Crippen LogP contribution in [-0.4, -0.2) is 134 Å². The summed E-state index contributed by atoms with van der Waals surface area (Å²) < 4.78 is 93.3. The molecule has 1 N–H and O–H groups in total. The molecule has 6 saturated heterocycles. The number of esters is 2. The van der Waals surface area contributed by atoms with Crippen molar-refractivity contribution < 1.29 is 85.8 Å². The minimum absolute atomic E-state index is 0.0277. The number of rotatable bonds is 17. The number of benzene rings is 4. The molecule has 18 nitrogen and oxygen atoms in total. The summed E-state index contributed by atoms with van der Waals surface area (Å²) in [6.45, 7) is 12.8. The normalized spacial score (nSPS) is 38.4. The lowest BCUT2D eigenvalue weighted by Crippen LogP contribution is -2.68. The molecule has 6 fully saturated rings. The van der Waals surface area contributed by atoms with Crippen LogP contribution in [0.3, 0.4) is 0 Å². The summed E-state index contributed by atoms with van der Waals surface area (Å²) in [4.78, 5) is 41.2. The van der Waals surface area contributed by atoms with Crippen LogP contribution >= 0.6 is 0 Å². The number of Topliss-reactive ketones (excluding diaryl/α,β-unsaturated/α-hetero) is 1. The van der Waals surface area contributed by atoms with Crippen LogP contribution in [0.5, 0.6) is 0 Å². The molecular formula is C61H74O18. The fraction of sp³-hybridized carbons (Fsp3) is 0.557. The third-order valence-electron chi connectivity index (χ3n) is 16.2. The van der Waals surface area contributed by atoms with Gasteiger partial charge in [-0.25, -0.2) is 4.79 Å². The topological polar surface area (TPSA) is 201 Å². The van der Waals surface area contributed by atoms with E-state index in [1.165, 1.54) is 13.8 Å². The molecule has 426 valence electrons. The van der Waals surface area contributed by atoms with Crippen molar-refractivity contribution in [3.8, 4) is 0 Å². The first-order valence-corrected chi connectivity index (χ1v) is 27.8. The Bertz CT molecular complexity index is 2600. The number of aliphatic hydroxyl groups is 1. The highest BCUT2D eigenvalue weighted by Crippen LogP contribution is 2.45. The second-order valence-electron chi connectivity index (χ2n) is 21.5. The van der Waals surface area contributed by atoms with Crippen molar-refractivity contribution in [3.63, 3.8) is 0 Å². The van der Waals surface area contributed by atoms with E-state index in [4.69, 9.17) is 66.3 Å². The second-order valence-corrected chi connectivity index (χ2v) is 21.5. The predicted molar refractivity (Wildman–Crippen MR) is 280 cm³/mol. The van der Waals surface area contributed by atoms with E-state index in [0.29, 0.717) is 18.4 Å². The van der Waals surface area contributed by atoms with Crippen molar-refractivity contribution in [2.75, 3.05) is 13.2 Å². The number of fused-ring (bicyclic) bond motifs is 2. The summed E-state index contributed by atoms with van der Waals surface area (Å²) in [5.74, 6) is -3.04. The molecule has 0 aliphatic carbocycles. The van der Waals surface area contributed by atoms with E-state index in [1.54, 1.807) is 30.3 Å². The van der Waals surface area contributed by atoms with Gasteiger partial charge in [0.15, 0.2) is 49.9 Å². The molecule has 6 heterocycles. The Labute approximate surface area is 461 Å². The van der Waals surface area contributed by atoms with Gasteiger partial charge in [-0.15, -0.1) is 0 Å². The maximum absolute atomic E-state index is 14.6. The lowest BCUT2D eigenvalue weighted by Gasteiger charge is -2.53. The molecule has 6 aliphatic heterocycles. The van der Waals surface area contributed by atoms with Gasteiger partial charge < -0.3 is 71.4 Å². The van der Waals surface area contributed by atoms with Crippen LogP contribution < -0.4 is 0 Å².